The van der Waals surface area contributed by atoms with E-state index in [1.807, 2.05) is 12.1 Å². The Labute approximate surface area is 131 Å². The smallest absolute Gasteiger partial charge is 0.243 e. The Morgan fingerprint density at radius 2 is 1.70 bits per heavy atom. The van der Waals surface area contributed by atoms with Crippen molar-refractivity contribution >= 4 is 52.1 Å². The fourth-order valence-electron chi connectivity index (χ4n) is 1.56. The van der Waals surface area contributed by atoms with Crippen molar-refractivity contribution < 1.29 is 4.79 Å². The molecule has 0 spiro atoms. The molecule has 0 bridgehead atoms. The molecule has 0 aliphatic carbocycles. The number of carbonyl (C=O) groups is 1. The summed E-state index contributed by atoms with van der Waals surface area (Å²) in [5.41, 5.74) is 1.30. The summed E-state index contributed by atoms with van der Waals surface area (Å²) in [6.07, 6.45) is 0. The molecule has 0 saturated heterocycles. The summed E-state index contributed by atoms with van der Waals surface area (Å²) in [6.45, 7) is 0.101. The number of hydrogen-bond acceptors (Lipinski definition) is 2. The van der Waals surface area contributed by atoms with Crippen LogP contribution in [0.25, 0.3) is 0 Å². The molecule has 0 atom stereocenters. The average Bonchev–Trinajstić information content (AvgIpc) is 2.42. The van der Waals surface area contributed by atoms with Crippen molar-refractivity contribution in [3.63, 3.8) is 0 Å². The monoisotopic (exact) mass is 328 g/mol. The third-order valence-corrected chi connectivity index (χ3v) is 3.59. The Morgan fingerprint density at radius 3 is 2.40 bits per heavy atom. The molecule has 104 valence electrons. The van der Waals surface area contributed by atoms with Crippen molar-refractivity contribution in [2.45, 2.75) is 0 Å². The second-order valence-corrected chi connectivity index (χ2v) is 5.23. The number of hydrogen-bond donors (Lipinski definition) is 2. The number of anilines is 2. The summed E-state index contributed by atoms with van der Waals surface area (Å²) in [7, 11) is 0. The van der Waals surface area contributed by atoms with Gasteiger partial charge in [0.25, 0.3) is 0 Å². The van der Waals surface area contributed by atoms with Gasteiger partial charge in [-0.05, 0) is 30.3 Å². The lowest BCUT2D eigenvalue weighted by atomic mass is 10.3. The van der Waals surface area contributed by atoms with Crippen LogP contribution in [0.15, 0.2) is 42.5 Å². The number of halogens is 3. The van der Waals surface area contributed by atoms with Crippen LogP contribution in [0.5, 0.6) is 0 Å². The number of rotatable bonds is 4. The number of amides is 1. The van der Waals surface area contributed by atoms with Crippen LogP contribution in [-0.2, 0) is 4.79 Å². The Bertz CT molecular complexity index is 632. The van der Waals surface area contributed by atoms with Crippen molar-refractivity contribution in [1.29, 1.82) is 0 Å². The first-order valence-corrected chi connectivity index (χ1v) is 6.93. The minimum atomic E-state index is -0.205. The second kappa shape index (κ2) is 6.84. The van der Waals surface area contributed by atoms with Crippen LogP contribution in [0.2, 0.25) is 15.1 Å². The van der Waals surface area contributed by atoms with E-state index in [1.165, 1.54) is 0 Å². The van der Waals surface area contributed by atoms with Crippen molar-refractivity contribution in [1.82, 2.24) is 0 Å². The third-order valence-electron chi connectivity index (χ3n) is 2.52. The highest BCUT2D eigenvalue weighted by Crippen LogP contribution is 2.25. The predicted octanol–water partition coefficient (Wildman–Crippen LogP) is 4.70. The van der Waals surface area contributed by atoms with E-state index in [4.69, 9.17) is 34.8 Å². The lowest BCUT2D eigenvalue weighted by molar-refractivity contribution is -0.114. The number of para-hydroxylation sites is 1. The van der Waals surface area contributed by atoms with Gasteiger partial charge >= 0.3 is 0 Å². The van der Waals surface area contributed by atoms with Gasteiger partial charge in [-0.25, -0.2) is 0 Å². The van der Waals surface area contributed by atoms with Crippen LogP contribution in [0.1, 0.15) is 0 Å². The molecule has 0 radical (unpaired) electrons. The minimum Gasteiger partial charge on any atom is -0.375 e. The Kier molecular flexibility index (Phi) is 5.12. The van der Waals surface area contributed by atoms with E-state index in [9.17, 15) is 4.79 Å². The van der Waals surface area contributed by atoms with Gasteiger partial charge in [-0.2, -0.15) is 0 Å². The standard InChI is InChI=1S/C14H11Cl3N2O/c15-10-6-5-9(7-12(10)17)19-14(20)8-18-13-4-2-1-3-11(13)16/h1-7,18H,8H2,(H,19,20). The molecule has 0 heterocycles. The molecule has 2 rings (SSSR count). The zero-order valence-corrected chi connectivity index (χ0v) is 12.6. The van der Waals surface area contributed by atoms with Gasteiger partial charge in [0, 0.05) is 5.69 Å². The van der Waals surface area contributed by atoms with E-state index in [0.717, 1.165) is 0 Å². The number of benzene rings is 2. The maximum Gasteiger partial charge on any atom is 0.243 e. The van der Waals surface area contributed by atoms with E-state index >= 15 is 0 Å². The molecule has 6 heteroatoms. The fourth-order valence-corrected chi connectivity index (χ4v) is 2.06. The van der Waals surface area contributed by atoms with Gasteiger partial charge in [-0.3, -0.25) is 4.79 Å². The highest BCUT2D eigenvalue weighted by molar-refractivity contribution is 6.42. The Balaban J connectivity index is 1.93. The molecule has 20 heavy (non-hydrogen) atoms. The summed E-state index contributed by atoms with van der Waals surface area (Å²) >= 11 is 17.7. The van der Waals surface area contributed by atoms with E-state index in [-0.39, 0.29) is 12.5 Å². The lowest BCUT2D eigenvalue weighted by Gasteiger charge is -2.09. The van der Waals surface area contributed by atoms with Crippen LogP contribution in [0.4, 0.5) is 11.4 Å². The molecule has 0 aromatic heterocycles. The first kappa shape index (κ1) is 15.0. The zero-order valence-electron chi connectivity index (χ0n) is 10.3. The Hall–Kier alpha value is -1.42. The normalized spacial score (nSPS) is 10.2. The highest BCUT2D eigenvalue weighted by atomic mass is 35.5. The van der Waals surface area contributed by atoms with Crippen LogP contribution in [0, 0.1) is 0 Å². The third kappa shape index (κ3) is 4.04. The van der Waals surface area contributed by atoms with Gasteiger partial charge < -0.3 is 10.6 Å². The highest BCUT2D eigenvalue weighted by Gasteiger charge is 2.05. The molecule has 2 aromatic carbocycles. The first-order chi connectivity index (χ1) is 9.56. The van der Waals surface area contributed by atoms with Crippen molar-refractivity contribution in [2.24, 2.45) is 0 Å². The van der Waals surface area contributed by atoms with E-state index in [2.05, 4.69) is 10.6 Å². The fraction of sp³-hybridized carbons (Fsp3) is 0.0714. The van der Waals surface area contributed by atoms with Crippen LogP contribution >= 0.6 is 34.8 Å². The van der Waals surface area contributed by atoms with Crippen molar-refractivity contribution in [3.8, 4) is 0 Å². The number of nitrogens with one attached hydrogen (secondary N) is 2. The zero-order chi connectivity index (χ0) is 14.5. The van der Waals surface area contributed by atoms with E-state index in [0.29, 0.717) is 26.4 Å². The van der Waals surface area contributed by atoms with Gasteiger partial charge in [0.15, 0.2) is 0 Å². The molecule has 3 nitrogen and oxygen atoms in total. The maximum atomic E-state index is 11.8. The van der Waals surface area contributed by atoms with Gasteiger partial charge in [-0.1, -0.05) is 46.9 Å². The molecular weight excluding hydrogens is 319 g/mol. The molecule has 0 saturated carbocycles. The number of carbonyl (C=O) groups excluding carboxylic acids is 1. The topological polar surface area (TPSA) is 41.1 Å². The molecule has 0 unspecified atom stereocenters. The molecule has 0 fully saturated rings. The molecule has 2 N–H and O–H groups in total. The van der Waals surface area contributed by atoms with Crippen LogP contribution in [-0.4, -0.2) is 12.5 Å². The van der Waals surface area contributed by atoms with Crippen molar-refractivity contribution in [3.05, 3.63) is 57.5 Å². The van der Waals surface area contributed by atoms with E-state index < -0.39 is 0 Å². The van der Waals surface area contributed by atoms with Gasteiger partial charge in [0.2, 0.25) is 5.91 Å². The van der Waals surface area contributed by atoms with Crippen molar-refractivity contribution in [2.75, 3.05) is 17.2 Å². The van der Waals surface area contributed by atoms with E-state index in [1.54, 1.807) is 30.3 Å². The summed E-state index contributed by atoms with van der Waals surface area (Å²) in [4.78, 5) is 11.8. The molecule has 0 aliphatic rings. The SMILES string of the molecule is O=C(CNc1ccccc1Cl)Nc1ccc(Cl)c(Cl)c1. The van der Waals surface area contributed by atoms with Crippen LogP contribution < -0.4 is 10.6 Å². The summed E-state index contributed by atoms with van der Waals surface area (Å²) < 4.78 is 0. The second-order valence-electron chi connectivity index (χ2n) is 4.01. The molecule has 2 aromatic rings. The minimum absolute atomic E-state index is 0.101. The lowest BCUT2D eigenvalue weighted by Crippen LogP contribution is -2.21. The maximum absolute atomic E-state index is 11.8. The van der Waals surface area contributed by atoms with Crippen LogP contribution in [0.3, 0.4) is 0 Å². The summed E-state index contributed by atoms with van der Waals surface area (Å²) in [6, 6.07) is 12.1. The average molecular weight is 330 g/mol. The van der Waals surface area contributed by atoms with Gasteiger partial charge in [-0.15, -0.1) is 0 Å². The van der Waals surface area contributed by atoms with Gasteiger partial charge in [0.05, 0.1) is 27.3 Å². The molecule has 0 aliphatic heterocycles. The molecule has 1 amide bonds. The Morgan fingerprint density at radius 1 is 0.950 bits per heavy atom. The largest absolute Gasteiger partial charge is 0.375 e. The summed E-state index contributed by atoms with van der Waals surface area (Å²) in [5, 5.41) is 7.07. The quantitative estimate of drug-likeness (QED) is 0.854. The predicted molar refractivity (Wildman–Crippen MR) is 85.0 cm³/mol. The van der Waals surface area contributed by atoms with Gasteiger partial charge in [0.1, 0.15) is 0 Å². The summed E-state index contributed by atoms with van der Waals surface area (Å²) in [5.74, 6) is -0.205. The first-order valence-electron chi connectivity index (χ1n) is 5.79. The molecular formula is C14H11Cl3N2O.